The maximum Gasteiger partial charge on any atom is 0.311 e. The number of aldehydes is 1. The molecule has 0 aromatic heterocycles. The summed E-state index contributed by atoms with van der Waals surface area (Å²) in [5.74, 6) is -1.04. The van der Waals surface area contributed by atoms with Crippen LogP contribution in [-0.4, -0.2) is 68.3 Å². The topological polar surface area (TPSA) is 66.9 Å². The molecule has 2 unspecified atom stereocenters. The fraction of sp³-hybridized carbons (Fsp3) is 0.788. The molecule has 1 heterocycles. The summed E-state index contributed by atoms with van der Waals surface area (Å²) in [6, 6.07) is 0. The van der Waals surface area contributed by atoms with E-state index in [-0.39, 0.29) is 18.4 Å². The van der Waals surface area contributed by atoms with E-state index in [4.69, 9.17) is 4.74 Å². The van der Waals surface area contributed by atoms with Crippen molar-refractivity contribution in [3.05, 3.63) is 24.3 Å². The zero-order valence-electron chi connectivity index (χ0n) is 25.6. The van der Waals surface area contributed by atoms with Crippen LogP contribution in [0.4, 0.5) is 0 Å². The van der Waals surface area contributed by atoms with Gasteiger partial charge in [0.15, 0.2) is 0 Å². The van der Waals surface area contributed by atoms with Crippen LogP contribution >= 0.6 is 0 Å². The molecule has 1 aliphatic heterocycles. The van der Waals surface area contributed by atoms with Crippen LogP contribution in [0, 0.1) is 17.8 Å². The highest BCUT2D eigenvalue weighted by atomic mass is 16.5. The smallest absolute Gasteiger partial charge is 0.311 e. The van der Waals surface area contributed by atoms with Gasteiger partial charge in [-0.05, 0) is 84.2 Å². The Morgan fingerprint density at radius 2 is 1.38 bits per heavy atom. The number of allylic oxidation sites excluding steroid dienone is 4. The molecule has 6 nitrogen and oxygen atoms in total. The van der Waals surface area contributed by atoms with Crippen molar-refractivity contribution in [2.45, 2.75) is 110 Å². The summed E-state index contributed by atoms with van der Waals surface area (Å²) in [5, 5.41) is 0. The van der Waals surface area contributed by atoms with E-state index >= 15 is 0 Å². The van der Waals surface area contributed by atoms with Crippen LogP contribution in [0.25, 0.3) is 0 Å². The predicted octanol–water partition coefficient (Wildman–Crippen LogP) is 6.98. The lowest BCUT2D eigenvalue weighted by Crippen LogP contribution is -2.32. The highest BCUT2D eigenvalue weighted by molar-refractivity contribution is 5.82. The molecule has 1 fully saturated rings. The predicted molar refractivity (Wildman–Crippen MR) is 162 cm³/mol. The fourth-order valence-electron chi connectivity index (χ4n) is 5.06. The van der Waals surface area contributed by atoms with Gasteiger partial charge in [-0.25, -0.2) is 0 Å². The summed E-state index contributed by atoms with van der Waals surface area (Å²) in [5.41, 5.74) is 0. The summed E-state index contributed by atoms with van der Waals surface area (Å²) in [4.78, 5) is 40.9. The van der Waals surface area contributed by atoms with Crippen molar-refractivity contribution in [1.29, 1.82) is 0 Å². The summed E-state index contributed by atoms with van der Waals surface area (Å²) in [6.45, 7) is 6.11. The molecule has 2 atom stereocenters. The maximum atomic E-state index is 13.0. The third kappa shape index (κ3) is 16.7. The number of amides is 1. The molecule has 0 radical (unpaired) electrons. The molecule has 1 amide bonds. The maximum absolute atomic E-state index is 13.0. The molecule has 1 aliphatic rings. The van der Waals surface area contributed by atoms with Gasteiger partial charge in [0.2, 0.25) is 5.91 Å². The number of likely N-dealkylation sites (tertiary alicyclic amines) is 1. The van der Waals surface area contributed by atoms with E-state index in [9.17, 15) is 14.4 Å². The van der Waals surface area contributed by atoms with Gasteiger partial charge in [-0.15, -0.1) is 0 Å². The Kier molecular flexibility index (Phi) is 20.5. The van der Waals surface area contributed by atoms with Crippen molar-refractivity contribution in [2.75, 3.05) is 40.3 Å². The Labute approximate surface area is 239 Å². The Balaban J connectivity index is 2.56. The first-order valence-electron chi connectivity index (χ1n) is 15.8. The van der Waals surface area contributed by atoms with Crippen molar-refractivity contribution in [3.63, 3.8) is 0 Å². The van der Waals surface area contributed by atoms with E-state index in [0.717, 1.165) is 57.7 Å². The van der Waals surface area contributed by atoms with E-state index in [2.05, 4.69) is 38.2 Å². The molecule has 6 heteroatoms. The second-order valence-electron chi connectivity index (χ2n) is 11.6. The first kappa shape index (κ1) is 35.1. The normalized spacial score (nSPS) is 17.7. The Morgan fingerprint density at radius 3 is 1.87 bits per heavy atom. The molecule has 1 rings (SSSR count). The van der Waals surface area contributed by atoms with Crippen molar-refractivity contribution in [1.82, 2.24) is 9.80 Å². The highest BCUT2D eigenvalue weighted by Crippen LogP contribution is 2.25. The standard InChI is InChI=1S/C33H58N2O4/c1-5-7-9-11-13-15-17-19-21-29(22-20-18-16-14-12-10-8-6-2)28-39-33(38)31-26-35(25-30(31)27-36)32(37)23-24-34(3)4/h13-16,27,29-31H,5-12,17-26,28H2,1-4H3/b15-13-,16-14-. The van der Waals surface area contributed by atoms with E-state index in [1.807, 2.05) is 19.0 Å². The van der Waals surface area contributed by atoms with Gasteiger partial charge in [0, 0.05) is 32.0 Å². The van der Waals surface area contributed by atoms with Gasteiger partial charge in [0.1, 0.15) is 6.29 Å². The van der Waals surface area contributed by atoms with E-state index in [1.165, 1.54) is 38.5 Å². The molecule has 0 aromatic rings. The van der Waals surface area contributed by atoms with Crippen molar-refractivity contribution < 1.29 is 19.1 Å². The zero-order valence-corrected chi connectivity index (χ0v) is 25.6. The first-order chi connectivity index (χ1) is 18.9. The average molecular weight is 547 g/mol. The number of hydrogen-bond donors (Lipinski definition) is 0. The fourth-order valence-corrected chi connectivity index (χ4v) is 5.06. The lowest BCUT2D eigenvalue weighted by atomic mass is 9.95. The second-order valence-corrected chi connectivity index (χ2v) is 11.6. The lowest BCUT2D eigenvalue weighted by Gasteiger charge is -2.19. The minimum absolute atomic E-state index is 0.00535. The molecular weight excluding hydrogens is 488 g/mol. The minimum atomic E-state index is -0.552. The summed E-state index contributed by atoms with van der Waals surface area (Å²) in [6.07, 6.45) is 26.7. The van der Waals surface area contributed by atoms with Crippen LogP contribution < -0.4 is 0 Å². The number of carbonyl (C=O) groups excluding carboxylic acids is 3. The largest absolute Gasteiger partial charge is 0.465 e. The van der Waals surface area contributed by atoms with Gasteiger partial charge in [-0.3, -0.25) is 9.59 Å². The van der Waals surface area contributed by atoms with Crippen LogP contribution in [0.1, 0.15) is 110 Å². The summed E-state index contributed by atoms with van der Waals surface area (Å²) in [7, 11) is 3.85. The Hall–Kier alpha value is -1.95. The third-order valence-electron chi connectivity index (χ3n) is 7.68. The minimum Gasteiger partial charge on any atom is -0.465 e. The second kappa shape index (κ2) is 22.8. The number of carbonyl (C=O) groups is 3. The van der Waals surface area contributed by atoms with Gasteiger partial charge in [-0.2, -0.15) is 0 Å². The van der Waals surface area contributed by atoms with Gasteiger partial charge >= 0.3 is 5.97 Å². The van der Waals surface area contributed by atoms with E-state index in [0.29, 0.717) is 32.0 Å². The van der Waals surface area contributed by atoms with E-state index in [1.54, 1.807) is 4.90 Å². The number of ether oxygens (including phenoxy) is 1. The Morgan fingerprint density at radius 1 is 0.846 bits per heavy atom. The van der Waals surface area contributed by atoms with Gasteiger partial charge in [0.25, 0.3) is 0 Å². The van der Waals surface area contributed by atoms with Gasteiger partial charge in [-0.1, -0.05) is 63.8 Å². The van der Waals surface area contributed by atoms with Crippen LogP contribution in [0.5, 0.6) is 0 Å². The zero-order chi connectivity index (χ0) is 28.7. The summed E-state index contributed by atoms with van der Waals surface area (Å²) < 4.78 is 5.81. The SMILES string of the molecule is CCCCC/C=C\CCCC(CCC/C=C\CCCCC)COC(=O)C1CN(C(=O)CCN(C)C)CC1C=O. The number of nitrogens with zero attached hydrogens (tertiary/aromatic N) is 2. The van der Waals surface area contributed by atoms with Crippen LogP contribution in [0.3, 0.4) is 0 Å². The molecule has 0 saturated carbocycles. The molecule has 0 bridgehead atoms. The number of hydrogen-bond acceptors (Lipinski definition) is 5. The van der Waals surface area contributed by atoms with Crippen molar-refractivity contribution in [2.24, 2.45) is 17.8 Å². The van der Waals surface area contributed by atoms with Crippen molar-refractivity contribution >= 4 is 18.2 Å². The van der Waals surface area contributed by atoms with Gasteiger partial charge in [0.05, 0.1) is 12.5 Å². The van der Waals surface area contributed by atoms with E-state index < -0.39 is 11.8 Å². The van der Waals surface area contributed by atoms with Gasteiger partial charge < -0.3 is 19.3 Å². The summed E-state index contributed by atoms with van der Waals surface area (Å²) >= 11 is 0. The molecule has 0 aromatic carbocycles. The molecule has 224 valence electrons. The van der Waals surface area contributed by atoms with Crippen LogP contribution in [0.2, 0.25) is 0 Å². The number of unbranched alkanes of at least 4 members (excludes halogenated alkanes) is 8. The van der Waals surface area contributed by atoms with Crippen molar-refractivity contribution in [3.8, 4) is 0 Å². The average Bonchev–Trinajstić information content (AvgIpc) is 3.37. The molecule has 0 N–H and O–H groups in total. The third-order valence-corrected chi connectivity index (χ3v) is 7.68. The lowest BCUT2D eigenvalue weighted by molar-refractivity contribution is -0.151. The number of esters is 1. The quantitative estimate of drug-likeness (QED) is 0.0598. The first-order valence-corrected chi connectivity index (χ1v) is 15.8. The molecule has 0 spiro atoms. The molecule has 1 saturated heterocycles. The number of rotatable bonds is 23. The van der Waals surface area contributed by atoms with Crippen LogP contribution in [-0.2, 0) is 19.1 Å². The molecule has 39 heavy (non-hydrogen) atoms. The monoisotopic (exact) mass is 546 g/mol. The molecular formula is C33H58N2O4. The van der Waals surface area contributed by atoms with Crippen LogP contribution in [0.15, 0.2) is 24.3 Å². The highest BCUT2D eigenvalue weighted by Gasteiger charge is 2.40. The Bertz CT molecular complexity index is 692. The molecule has 0 aliphatic carbocycles.